The van der Waals surface area contributed by atoms with Crippen LogP contribution in [0.3, 0.4) is 0 Å². The maximum Gasteiger partial charge on any atom is 0.416 e. The number of rotatable bonds is 5. The monoisotopic (exact) mass is 587 g/mol. The number of carbonyl (C=O) groups excluding carboxylic acids is 1. The largest absolute Gasteiger partial charge is 0.416 e. The van der Waals surface area contributed by atoms with E-state index in [2.05, 4.69) is 26.1 Å². The summed E-state index contributed by atoms with van der Waals surface area (Å²) in [6.07, 6.45) is -3.89. The second-order valence-corrected chi connectivity index (χ2v) is 10.5. The van der Waals surface area contributed by atoms with Crippen LogP contribution in [0.4, 0.5) is 19.0 Å². The Balaban J connectivity index is 1.50. The number of benzene rings is 2. The van der Waals surface area contributed by atoms with Crippen molar-refractivity contribution in [2.24, 2.45) is 5.92 Å². The van der Waals surface area contributed by atoms with Gasteiger partial charge in [0.25, 0.3) is 11.6 Å². The third-order valence-electron chi connectivity index (χ3n) is 6.39. The number of hydrogen-bond acceptors (Lipinski definition) is 6. The molecule has 1 fully saturated rings. The van der Waals surface area contributed by atoms with Crippen LogP contribution in [0.2, 0.25) is 0 Å². The van der Waals surface area contributed by atoms with E-state index in [1.54, 1.807) is 17.0 Å². The molecule has 7 nitrogen and oxygen atoms in total. The lowest BCUT2D eigenvalue weighted by Gasteiger charge is -2.36. The van der Waals surface area contributed by atoms with E-state index in [-0.39, 0.29) is 28.8 Å². The second kappa shape index (κ2) is 10.4. The first-order valence-corrected chi connectivity index (χ1v) is 13.0. The van der Waals surface area contributed by atoms with Crippen LogP contribution in [0, 0.1) is 5.92 Å². The van der Waals surface area contributed by atoms with Crippen molar-refractivity contribution in [3.8, 4) is 11.3 Å². The molecule has 0 saturated carbocycles. The number of fused-ring (bicyclic) bond motifs is 1. The van der Waals surface area contributed by atoms with Gasteiger partial charge in [0.2, 0.25) is 0 Å². The maximum absolute atomic E-state index is 13.4. The second-order valence-electron chi connectivity index (χ2n) is 9.61. The molecule has 2 aromatic heterocycles. The standard InChI is InChI=1S/C27H25BrF3N5O2/c1-16(2)14-21-32-24(35-10-12-36(13-11-35)26(37)19-8-3-4-9-20(19)28)22-23(34-38-25(22)33-21)17-6-5-7-18(15-17)27(29,30)31/h3-9,15-16H,10-14H2,1-2H3. The molecule has 0 N–H and O–H groups in total. The molecular weight excluding hydrogens is 563 g/mol. The Hall–Kier alpha value is -3.47. The number of amides is 1. The summed E-state index contributed by atoms with van der Waals surface area (Å²) in [6, 6.07) is 12.3. The summed E-state index contributed by atoms with van der Waals surface area (Å²) in [6.45, 7) is 5.97. The van der Waals surface area contributed by atoms with Crippen molar-refractivity contribution in [2.45, 2.75) is 26.4 Å². The van der Waals surface area contributed by atoms with Crippen molar-refractivity contribution in [1.82, 2.24) is 20.0 Å². The van der Waals surface area contributed by atoms with Crippen molar-refractivity contribution in [1.29, 1.82) is 0 Å². The molecule has 1 aliphatic rings. The Bertz CT molecular complexity index is 1480. The molecule has 1 amide bonds. The number of aromatic nitrogens is 3. The van der Waals surface area contributed by atoms with Gasteiger partial charge in [0.15, 0.2) is 0 Å². The summed E-state index contributed by atoms with van der Waals surface area (Å²) >= 11 is 3.45. The zero-order valence-corrected chi connectivity index (χ0v) is 22.4. The predicted octanol–water partition coefficient (Wildman–Crippen LogP) is 6.23. The normalized spacial score (nSPS) is 14.5. The van der Waals surface area contributed by atoms with Gasteiger partial charge in [0.05, 0.1) is 11.1 Å². The average molecular weight is 588 g/mol. The molecule has 0 unspecified atom stereocenters. The van der Waals surface area contributed by atoms with Gasteiger partial charge in [0.1, 0.15) is 22.7 Å². The Kier molecular flexibility index (Phi) is 7.13. The van der Waals surface area contributed by atoms with E-state index in [1.165, 1.54) is 6.07 Å². The highest BCUT2D eigenvalue weighted by molar-refractivity contribution is 9.10. The lowest BCUT2D eigenvalue weighted by atomic mass is 10.0. The lowest BCUT2D eigenvalue weighted by molar-refractivity contribution is -0.137. The van der Waals surface area contributed by atoms with Crippen molar-refractivity contribution < 1.29 is 22.5 Å². The van der Waals surface area contributed by atoms with E-state index in [0.29, 0.717) is 55.2 Å². The molecule has 0 atom stereocenters. The lowest BCUT2D eigenvalue weighted by Crippen LogP contribution is -2.49. The Labute approximate surface area is 225 Å². The third-order valence-corrected chi connectivity index (χ3v) is 7.08. The average Bonchev–Trinajstić information content (AvgIpc) is 3.31. The van der Waals surface area contributed by atoms with Gasteiger partial charge in [0, 0.05) is 42.6 Å². The molecule has 0 radical (unpaired) electrons. The van der Waals surface area contributed by atoms with E-state index >= 15 is 0 Å². The third kappa shape index (κ3) is 5.24. The number of carbonyl (C=O) groups is 1. The molecule has 198 valence electrons. The topological polar surface area (TPSA) is 75.4 Å². The van der Waals surface area contributed by atoms with Gasteiger partial charge in [-0.1, -0.05) is 43.3 Å². The zero-order chi connectivity index (χ0) is 27.0. The summed E-state index contributed by atoms with van der Waals surface area (Å²) in [4.78, 5) is 26.2. The van der Waals surface area contributed by atoms with Gasteiger partial charge in [-0.2, -0.15) is 18.2 Å². The highest BCUT2D eigenvalue weighted by atomic mass is 79.9. The maximum atomic E-state index is 13.4. The molecule has 0 spiro atoms. The van der Waals surface area contributed by atoms with Gasteiger partial charge in [-0.05, 0) is 46.1 Å². The number of halogens is 4. The van der Waals surface area contributed by atoms with Crippen molar-refractivity contribution in [2.75, 3.05) is 31.1 Å². The van der Waals surface area contributed by atoms with Crippen LogP contribution >= 0.6 is 15.9 Å². The predicted molar refractivity (Wildman–Crippen MR) is 141 cm³/mol. The van der Waals surface area contributed by atoms with Crippen LogP contribution in [0.25, 0.3) is 22.4 Å². The molecule has 11 heteroatoms. The number of alkyl halides is 3. The van der Waals surface area contributed by atoms with Crippen LogP contribution < -0.4 is 4.90 Å². The van der Waals surface area contributed by atoms with Crippen molar-refractivity contribution >= 4 is 38.8 Å². The minimum Gasteiger partial charge on any atom is -0.352 e. The summed E-state index contributed by atoms with van der Waals surface area (Å²) in [5, 5.41) is 4.58. The summed E-state index contributed by atoms with van der Waals surface area (Å²) < 4.78 is 46.5. The Morgan fingerprint density at radius 1 is 1.05 bits per heavy atom. The SMILES string of the molecule is CC(C)Cc1nc(N2CCN(C(=O)c3ccccc3Br)CC2)c2c(-c3cccc(C(F)(F)F)c3)noc2n1. The first-order chi connectivity index (χ1) is 18.1. The fourth-order valence-corrected chi connectivity index (χ4v) is 4.99. The molecule has 0 aliphatic carbocycles. The number of piperazine rings is 1. The molecular formula is C27H25BrF3N5O2. The molecule has 0 bridgehead atoms. The zero-order valence-electron chi connectivity index (χ0n) is 20.8. The molecule has 3 heterocycles. The van der Waals surface area contributed by atoms with Crippen LogP contribution in [0.5, 0.6) is 0 Å². The molecule has 38 heavy (non-hydrogen) atoms. The van der Waals surface area contributed by atoms with E-state index < -0.39 is 11.7 Å². The molecule has 2 aromatic carbocycles. The number of hydrogen-bond donors (Lipinski definition) is 0. The van der Waals surface area contributed by atoms with Crippen molar-refractivity contribution in [3.05, 3.63) is 70.0 Å². The summed E-state index contributed by atoms with van der Waals surface area (Å²) in [7, 11) is 0. The van der Waals surface area contributed by atoms with Gasteiger partial charge in [-0.3, -0.25) is 4.79 Å². The Morgan fingerprint density at radius 2 is 1.79 bits per heavy atom. The van der Waals surface area contributed by atoms with E-state index in [0.717, 1.165) is 16.6 Å². The van der Waals surface area contributed by atoms with Crippen LogP contribution in [0.1, 0.15) is 35.6 Å². The molecule has 4 aromatic rings. The highest BCUT2D eigenvalue weighted by Crippen LogP contribution is 2.37. The van der Waals surface area contributed by atoms with Crippen LogP contribution in [-0.4, -0.2) is 52.1 Å². The number of anilines is 1. The first kappa shape index (κ1) is 26.1. The van der Waals surface area contributed by atoms with Crippen LogP contribution in [-0.2, 0) is 12.6 Å². The fourth-order valence-electron chi connectivity index (χ4n) is 4.53. The van der Waals surface area contributed by atoms with Gasteiger partial charge < -0.3 is 14.3 Å². The quantitative estimate of drug-likeness (QED) is 0.275. The van der Waals surface area contributed by atoms with Gasteiger partial charge >= 0.3 is 6.18 Å². The van der Waals surface area contributed by atoms with Gasteiger partial charge in [-0.25, -0.2) is 4.98 Å². The van der Waals surface area contributed by atoms with E-state index in [4.69, 9.17) is 9.51 Å². The smallest absolute Gasteiger partial charge is 0.352 e. The minimum atomic E-state index is -4.49. The first-order valence-electron chi connectivity index (χ1n) is 12.2. The van der Waals surface area contributed by atoms with Crippen molar-refractivity contribution in [3.63, 3.8) is 0 Å². The van der Waals surface area contributed by atoms with E-state index in [1.807, 2.05) is 36.9 Å². The van der Waals surface area contributed by atoms with Crippen LogP contribution in [0.15, 0.2) is 57.5 Å². The molecule has 5 rings (SSSR count). The number of nitrogens with zero attached hydrogens (tertiary/aromatic N) is 5. The highest BCUT2D eigenvalue weighted by Gasteiger charge is 2.32. The summed E-state index contributed by atoms with van der Waals surface area (Å²) in [5.41, 5.74) is 0.566. The minimum absolute atomic E-state index is 0.0694. The van der Waals surface area contributed by atoms with E-state index in [9.17, 15) is 18.0 Å². The summed E-state index contributed by atoms with van der Waals surface area (Å²) in [5.74, 6) is 1.33. The molecule has 1 saturated heterocycles. The fraction of sp³-hybridized carbons (Fsp3) is 0.333. The molecule has 1 aliphatic heterocycles. The van der Waals surface area contributed by atoms with Gasteiger partial charge in [-0.15, -0.1) is 0 Å². The Morgan fingerprint density at radius 3 is 2.47 bits per heavy atom.